The summed E-state index contributed by atoms with van der Waals surface area (Å²) in [5, 5.41) is 13.1. The Morgan fingerprint density at radius 2 is 1.75 bits per heavy atom. The van der Waals surface area contributed by atoms with Gasteiger partial charge >= 0.3 is 5.97 Å². The van der Waals surface area contributed by atoms with E-state index in [1.807, 2.05) is 12.1 Å². The lowest BCUT2D eigenvalue weighted by Gasteiger charge is -2.11. The van der Waals surface area contributed by atoms with Crippen LogP contribution in [0.3, 0.4) is 0 Å². The number of amides is 1. The van der Waals surface area contributed by atoms with Crippen LogP contribution in [0.4, 0.5) is 0 Å². The minimum atomic E-state index is -1.40. The van der Waals surface area contributed by atoms with E-state index >= 15 is 0 Å². The van der Waals surface area contributed by atoms with Gasteiger partial charge in [-0.2, -0.15) is 0 Å². The second kappa shape index (κ2) is 9.05. The highest BCUT2D eigenvalue weighted by Crippen LogP contribution is 2.13. The Kier molecular flexibility index (Phi) is 6.78. The topological polar surface area (TPSA) is 75.6 Å². The predicted molar refractivity (Wildman–Crippen MR) is 90.5 cm³/mol. The molecule has 24 heavy (non-hydrogen) atoms. The summed E-state index contributed by atoms with van der Waals surface area (Å²) in [4.78, 5) is 23.4. The van der Waals surface area contributed by atoms with Gasteiger partial charge < -0.3 is 15.2 Å². The predicted octanol–water partition coefficient (Wildman–Crippen LogP) is 2.28. The number of ether oxygens (including phenoxy) is 1. The number of nitrogens with one attached hydrogen (secondary N) is 1. The van der Waals surface area contributed by atoms with Crippen LogP contribution in [0.1, 0.15) is 17.2 Å². The molecule has 5 nitrogen and oxygen atoms in total. The van der Waals surface area contributed by atoms with Crippen molar-refractivity contribution < 1.29 is 19.4 Å². The van der Waals surface area contributed by atoms with Crippen LogP contribution in [0, 0.1) is 0 Å². The summed E-state index contributed by atoms with van der Waals surface area (Å²) in [5.74, 6) is -1.27. The fraction of sp³-hybridized carbons (Fsp3) is 0.222. The molecule has 1 amide bonds. The minimum absolute atomic E-state index is 0.416. The molecule has 0 aliphatic carbocycles. The number of aliphatic hydroxyl groups excluding tert-OH is 1. The average Bonchev–Trinajstić information content (AvgIpc) is 2.61. The molecule has 0 saturated carbocycles. The Hall–Kier alpha value is -2.37. The normalized spacial score (nSPS) is 11.6. The summed E-state index contributed by atoms with van der Waals surface area (Å²) >= 11 is 5.80. The third-order valence-electron chi connectivity index (χ3n) is 3.33. The van der Waals surface area contributed by atoms with Crippen molar-refractivity contribution in [1.82, 2.24) is 5.32 Å². The average molecular weight is 348 g/mol. The Balaban J connectivity index is 1.69. The van der Waals surface area contributed by atoms with E-state index in [1.54, 1.807) is 42.5 Å². The van der Waals surface area contributed by atoms with Crippen molar-refractivity contribution in [2.24, 2.45) is 0 Å². The van der Waals surface area contributed by atoms with Gasteiger partial charge in [-0.15, -0.1) is 0 Å². The first-order chi connectivity index (χ1) is 11.6. The van der Waals surface area contributed by atoms with E-state index in [1.165, 1.54) is 0 Å². The van der Waals surface area contributed by atoms with Gasteiger partial charge in [0.15, 0.2) is 12.7 Å². The summed E-state index contributed by atoms with van der Waals surface area (Å²) in [5.41, 5.74) is 1.46. The Morgan fingerprint density at radius 1 is 1.08 bits per heavy atom. The molecule has 0 aromatic heterocycles. The summed E-state index contributed by atoms with van der Waals surface area (Å²) in [6.45, 7) is -0.0113. The molecule has 0 heterocycles. The van der Waals surface area contributed by atoms with Gasteiger partial charge in [0.05, 0.1) is 0 Å². The van der Waals surface area contributed by atoms with Crippen molar-refractivity contribution in [3.05, 3.63) is 70.7 Å². The molecule has 1 atom stereocenters. The van der Waals surface area contributed by atoms with Gasteiger partial charge in [-0.05, 0) is 29.7 Å². The summed E-state index contributed by atoms with van der Waals surface area (Å²) in [6, 6.07) is 15.7. The molecule has 0 saturated heterocycles. The third-order valence-corrected chi connectivity index (χ3v) is 3.59. The maximum Gasteiger partial charge on any atom is 0.340 e. The smallest absolute Gasteiger partial charge is 0.340 e. The number of carbonyl (C=O) groups excluding carboxylic acids is 2. The zero-order valence-corrected chi connectivity index (χ0v) is 13.7. The van der Waals surface area contributed by atoms with Crippen molar-refractivity contribution in [2.75, 3.05) is 13.2 Å². The minimum Gasteiger partial charge on any atom is -0.453 e. The van der Waals surface area contributed by atoms with Gasteiger partial charge in [-0.25, -0.2) is 4.79 Å². The lowest BCUT2D eigenvalue weighted by Crippen LogP contribution is -2.31. The van der Waals surface area contributed by atoms with Crippen molar-refractivity contribution in [1.29, 1.82) is 0 Å². The molecular formula is C18H18ClNO4. The second-order valence-corrected chi connectivity index (χ2v) is 5.58. The van der Waals surface area contributed by atoms with E-state index in [0.29, 0.717) is 23.6 Å². The molecule has 0 aliphatic rings. The van der Waals surface area contributed by atoms with Crippen LogP contribution in [-0.4, -0.2) is 30.1 Å². The molecule has 126 valence electrons. The van der Waals surface area contributed by atoms with Gasteiger partial charge in [0, 0.05) is 11.6 Å². The molecule has 0 fully saturated rings. The standard InChI is InChI=1S/C18H18ClNO4/c19-15-8-6-13(7-9-15)10-11-20-16(21)12-24-18(23)17(22)14-4-2-1-3-5-14/h1-9,17,22H,10-12H2,(H,20,21)/t17-/m1/s1. The van der Waals surface area contributed by atoms with Crippen LogP contribution in [0.5, 0.6) is 0 Å². The number of carbonyl (C=O) groups is 2. The number of aliphatic hydroxyl groups is 1. The van der Waals surface area contributed by atoms with E-state index in [0.717, 1.165) is 5.56 Å². The van der Waals surface area contributed by atoms with Crippen molar-refractivity contribution in [2.45, 2.75) is 12.5 Å². The molecule has 6 heteroatoms. The van der Waals surface area contributed by atoms with Gasteiger partial charge in [-0.1, -0.05) is 54.1 Å². The fourth-order valence-corrected chi connectivity index (χ4v) is 2.16. The number of rotatable bonds is 7. The van der Waals surface area contributed by atoms with Crippen LogP contribution >= 0.6 is 11.6 Å². The number of benzene rings is 2. The second-order valence-electron chi connectivity index (χ2n) is 5.15. The Morgan fingerprint density at radius 3 is 2.42 bits per heavy atom. The van der Waals surface area contributed by atoms with Crippen molar-refractivity contribution in [3.8, 4) is 0 Å². The van der Waals surface area contributed by atoms with E-state index in [2.05, 4.69) is 5.32 Å². The van der Waals surface area contributed by atoms with Gasteiger partial charge in [-0.3, -0.25) is 4.79 Å². The van der Waals surface area contributed by atoms with Crippen molar-refractivity contribution >= 4 is 23.5 Å². The number of halogens is 1. The highest BCUT2D eigenvalue weighted by molar-refractivity contribution is 6.30. The van der Waals surface area contributed by atoms with E-state index in [-0.39, 0.29) is 0 Å². The van der Waals surface area contributed by atoms with Crippen LogP contribution in [0.25, 0.3) is 0 Å². The van der Waals surface area contributed by atoms with Gasteiger partial charge in [0.25, 0.3) is 5.91 Å². The monoisotopic (exact) mass is 347 g/mol. The van der Waals surface area contributed by atoms with E-state index < -0.39 is 24.6 Å². The Labute approximate surface area is 145 Å². The van der Waals surface area contributed by atoms with Crippen LogP contribution in [0.15, 0.2) is 54.6 Å². The molecule has 2 aromatic carbocycles. The van der Waals surface area contributed by atoms with E-state index in [9.17, 15) is 14.7 Å². The maximum atomic E-state index is 11.7. The molecule has 0 bridgehead atoms. The zero-order valence-electron chi connectivity index (χ0n) is 12.9. The van der Waals surface area contributed by atoms with Crippen LogP contribution in [0.2, 0.25) is 5.02 Å². The largest absolute Gasteiger partial charge is 0.453 e. The van der Waals surface area contributed by atoms with Crippen LogP contribution < -0.4 is 5.32 Å². The van der Waals surface area contributed by atoms with E-state index in [4.69, 9.17) is 16.3 Å². The summed E-state index contributed by atoms with van der Waals surface area (Å²) < 4.78 is 4.82. The molecule has 2 aromatic rings. The molecule has 2 N–H and O–H groups in total. The van der Waals surface area contributed by atoms with Crippen LogP contribution in [-0.2, 0) is 20.7 Å². The zero-order chi connectivity index (χ0) is 17.4. The molecule has 2 rings (SSSR count). The summed E-state index contributed by atoms with van der Waals surface area (Å²) in [6.07, 6.45) is -0.753. The quantitative estimate of drug-likeness (QED) is 0.753. The highest BCUT2D eigenvalue weighted by Gasteiger charge is 2.19. The maximum absolute atomic E-state index is 11.7. The first-order valence-electron chi connectivity index (χ1n) is 7.47. The van der Waals surface area contributed by atoms with Crippen molar-refractivity contribution in [3.63, 3.8) is 0 Å². The molecule has 0 radical (unpaired) electrons. The highest BCUT2D eigenvalue weighted by atomic mass is 35.5. The first-order valence-corrected chi connectivity index (χ1v) is 7.85. The molecule has 0 aliphatic heterocycles. The number of hydrogen-bond acceptors (Lipinski definition) is 4. The van der Waals surface area contributed by atoms with Gasteiger partial charge in [0.1, 0.15) is 0 Å². The lowest BCUT2D eigenvalue weighted by atomic mass is 10.1. The third kappa shape index (κ3) is 5.68. The summed E-state index contributed by atoms with van der Waals surface area (Å²) in [7, 11) is 0. The lowest BCUT2D eigenvalue weighted by molar-refractivity contribution is -0.157. The van der Waals surface area contributed by atoms with Gasteiger partial charge in [0.2, 0.25) is 0 Å². The SMILES string of the molecule is O=C(COC(=O)[C@H](O)c1ccccc1)NCCc1ccc(Cl)cc1. The molecular weight excluding hydrogens is 330 g/mol. The number of hydrogen-bond donors (Lipinski definition) is 2. The first kappa shape index (κ1) is 18.0. The Bertz CT molecular complexity index is 673. The molecule has 0 spiro atoms. The molecule has 0 unspecified atom stereocenters. The fourth-order valence-electron chi connectivity index (χ4n) is 2.04. The number of esters is 1.